The van der Waals surface area contributed by atoms with E-state index in [-0.39, 0.29) is 11.9 Å². The van der Waals surface area contributed by atoms with Gasteiger partial charge in [-0.05, 0) is 43.2 Å². The lowest BCUT2D eigenvalue weighted by Gasteiger charge is -2.29. The third kappa shape index (κ3) is 5.33. The first kappa shape index (κ1) is 19.9. The highest BCUT2D eigenvalue weighted by molar-refractivity contribution is 6.30. The Labute approximate surface area is 171 Å². The molecule has 4 nitrogen and oxygen atoms in total. The fourth-order valence-corrected chi connectivity index (χ4v) is 3.07. The summed E-state index contributed by atoms with van der Waals surface area (Å²) in [6.45, 7) is 5.47. The summed E-state index contributed by atoms with van der Waals surface area (Å²) >= 11 is 5.90. The molecule has 0 fully saturated rings. The molecule has 0 unspecified atom stereocenters. The number of carbonyl (C=O) groups is 1. The van der Waals surface area contributed by atoms with Crippen molar-refractivity contribution in [1.82, 2.24) is 10.3 Å². The fourth-order valence-electron chi connectivity index (χ4n) is 2.95. The molecule has 0 saturated heterocycles. The van der Waals surface area contributed by atoms with Crippen LogP contribution < -0.4 is 10.2 Å². The van der Waals surface area contributed by atoms with Gasteiger partial charge in [-0.25, -0.2) is 0 Å². The van der Waals surface area contributed by atoms with Gasteiger partial charge in [0, 0.05) is 30.4 Å². The summed E-state index contributed by atoms with van der Waals surface area (Å²) in [5, 5.41) is 3.62. The number of carbonyl (C=O) groups excluding carboxylic acids is 1. The molecule has 0 aliphatic rings. The van der Waals surface area contributed by atoms with Crippen molar-refractivity contribution in [2.75, 3.05) is 4.90 Å². The summed E-state index contributed by atoms with van der Waals surface area (Å²) in [5.41, 5.74) is 3.69. The zero-order chi connectivity index (χ0) is 19.9. The average molecular weight is 394 g/mol. The van der Waals surface area contributed by atoms with Crippen LogP contribution in [0.4, 0.5) is 5.69 Å². The van der Waals surface area contributed by atoms with Crippen LogP contribution in [0.15, 0.2) is 73.1 Å². The van der Waals surface area contributed by atoms with E-state index >= 15 is 0 Å². The third-order valence-electron chi connectivity index (χ3n) is 4.50. The second-order valence-corrected chi connectivity index (χ2v) is 7.38. The van der Waals surface area contributed by atoms with Crippen molar-refractivity contribution in [2.24, 2.45) is 0 Å². The lowest BCUT2D eigenvalue weighted by molar-refractivity contribution is 0.0950. The highest BCUT2D eigenvalue weighted by atomic mass is 35.5. The third-order valence-corrected chi connectivity index (χ3v) is 4.76. The summed E-state index contributed by atoms with van der Waals surface area (Å²) in [7, 11) is 0. The molecule has 0 aliphatic carbocycles. The van der Waals surface area contributed by atoms with Gasteiger partial charge in [0.05, 0.1) is 17.4 Å². The first-order valence-corrected chi connectivity index (χ1v) is 9.69. The van der Waals surface area contributed by atoms with E-state index in [9.17, 15) is 4.79 Å². The molecular weight excluding hydrogens is 370 g/mol. The number of nitrogens with one attached hydrogen (secondary N) is 1. The van der Waals surface area contributed by atoms with Gasteiger partial charge in [-0.1, -0.05) is 54.1 Å². The second kappa shape index (κ2) is 9.38. The highest BCUT2D eigenvalue weighted by Gasteiger charge is 2.14. The topological polar surface area (TPSA) is 45.2 Å². The summed E-state index contributed by atoms with van der Waals surface area (Å²) in [6, 6.07) is 19.9. The standard InChI is InChI=1S/C23H24ClN3O/c1-17(2)27(16-19-6-4-3-5-7-19)22-12-20(14-25-15-22)23(28)26-13-18-8-10-21(24)11-9-18/h3-12,14-15,17H,13,16H2,1-2H3,(H,26,28). The summed E-state index contributed by atoms with van der Waals surface area (Å²) < 4.78 is 0. The van der Waals surface area contributed by atoms with Crippen molar-refractivity contribution in [3.05, 3.63) is 94.8 Å². The molecule has 1 N–H and O–H groups in total. The molecule has 3 aromatic rings. The number of hydrogen-bond acceptors (Lipinski definition) is 3. The van der Waals surface area contributed by atoms with Crippen LogP contribution >= 0.6 is 11.6 Å². The normalized spacial score (nSPS) is 10.7. The van der Waals surface area contributed by atoms with E-state index in [1.165, 1.54) is 5.56 Å². The van der Waals surface area contributed by atoms with E-state index in [4.69, 9.17) is 11.6 Å². The number of rotatable bonds is 7. The number of hydrogen-bond donors (Lipinski definition) is 1. The first-order valence-electron chi connectivity index (χ1n) is 9.31. The van der Waals surface area contributed by atoms with E-state index in [0.717, 1.165) is 17.8 Å². The van der Waals surface area contributed by atoms with E-state index < -0.39 is 0 Å². The van der Waals surface area contributed by atoms with Crippen LogP contribution in [0.2, 0.25) is 5.02 Å². The largest absolute Gasteiger partial charge is 0.364 e. The Morgan fingerprint density at radius 2 is 1.75 bits per heavy atom. The quantitative estimate of drug-likeness (QED) is 0.608. The summed E-state index contributed by atoms with van der Waals surface area (Å²) in [4.78, 5) is 19.1. The van der Waals surface area contributed by atoms with Gasteiger partial charge in [-0.15, -0.1) is 0 Å². The Kier molecular flexibility index (Phi) is 6.66. The predicted molar refractivity (Wildman–Crippen MR) is 115 cm³/mol. The van der Waals surface area contributed by atoms with E-state index in [2.05, 4.69) is 41.2 Å². The molecule has 28 heavy (non-hydrogen) atoms. The molecule has 2 aromatic carbocycles. The smallest absolute Gasteiger partial charge is 0.253 e. The molecule has 0 spiro atoms. The molecule has 1 aromatic heterocycles. The van der Waals surface area contributed by atoms with E-state index in [1.54, 1.807) is 12.4 Å². The maximum atomic E-state index is 12.6. The number of nitrogens with zero attached hydrogens (tertiary/aromatic N) is 2. The van der Waals surface area contributed by atoms with Crippen molar-refractivity contribution in [1.29, 1.82) is 0 Å². The number of aromatic nitrogens is 1. The molecule has 1 amide bonds. The Balaban J connectivity index is 1.72. The van der Waals surface area contributed by atoms with Crippen molar-refractivity contribution in [2.45, 2.75) is 33.0 Å². The van der Waals surface area contributed by atoms with Crippen LogP contribution in [0.3, 0.4) is 0 Å². The van der Waals surface area contributed by atoms with Gasteiger partial charge in [0.25, 0.3) is 5.91 Å². The molecule has 0 radical (unpaired) electrons. The number of amides is 1. The minimum Gasteiger partial charge on any atom is -0.364 e. The first-order chi connectivity index (χ1) is 13.5. The summed E-state index contributed by atoms with van der Waals surface area (Å²) in [6.07, 6.45) is 3.40. The van der Waals surface area contributed by atoms with Gasteiger partial charge < -0.3 is 10.2 Å². The van der Waals surface area contributed by atoms with Gasteiger partial charge in [0.2, 0.25) is 0 Å². The Morgan fingerprint density at radius 1 is 1.04 bits per heavy atom. The van der Waals surface area contributed by atoms with Crippen molar-refractivity contribution in [3.8, 4) is 0 Å². The molecule has 0 aliphatic heterocycles. The molecule has 5 heteroatoms. The van der Waals surface area contributed by atoms with Gasteiger partial charge in [-0.2, -0.15) is 0 Å². The Morgan fingerprint density at radius 3 is 2.43 bits per heavy atom. The van der Waals surface area contributed by atoms with Crippen LogP contribution in [-0.4, -0.2) is 16.9 Å². The summed E-state index contributed by atoms with van der Waals surface area (Å²) in [5.74, 6) is -0.146. The van der Waals surface area contributed by atoms with Crippen LogP contribution in [0, 0.1) is 0 Å². The van der Waals surface area contributed by atoms with Gasteiger partial charge >= 0.3 is 0 Å². The number of pyridine rings is 1. The molecule has 3 rings (SSSR count). The minimum atomic E-state index is -0.146. The van der Waals surface area contributed by atoms with Crippen LogP contribution in [0.25, 0.3) is 0 Å². The van der Waals surface area contributed by atoms with Crippen molar-refractivity contribution < 1.29 is 4.79 Å². The zero-order valence-corrected chi connectivity index (χ0v) is 16.9. The SMILES string of the molecule is CC(C)N(Cc1ccccc1)c1cncc(C(=O)NCc2ccc(Cl)cc2)c1. The predicted octanol–water partition coefficient (Wildman–Crippen LogP) is 5.08. The molecule has 1 heterocycles. The van der Waals surface area contributed by atoms with Crippen LogP contribution in [0.1, 0.15) is 35.3 Å². The maximum Gasteiger partial charge on any atom is 0.253 e. The molecule has 144 valence electrons. The van der Waals surface area contributed by atoms with Crippen molar-refractivity contribution >= 4 is 23.2 Å². The average Bonchev–Trinajstić information content (AvgIpc) is 2.72. The Hall–Kier alpha value is -2.85. The molecule has 0 atom stereocenters. The molecular formula is C23H24ClN3O. The minimum absolute atomic E-state index is 0.146. The monoisotopic (exact) mass is 393 g/mol. The van der Waals surface area contributed by atoms with E-state index in [0.29, 0.717) is 17.1 Å². The number of benzene rings is 2. The van der Waals surface area contributed by atoms with Gasteiger partial charge in [0.15, 0.2) is 0 Å². The van der Waals surface area contributed by atoms with Crippen LogP contribution in [-0.2, 0) is 13.1 Å². The Bertz CT molecular complexity index is 911. The number of halogens is 1. The second-order valence-electron chi connectivity index (χ2n) is 6.95. The van der Waals surface area contributed by atoms with Crippen LogP contribution in [0.5, 0.6) is 0 Å². The van der Waals surface area contributed by atoms with E-state index in [1.807, 2.05) is 48.5 Å². The highest BCUT2D eigenvalue weighted by Crippen LogP contribution is 2.20. The lowest BCUT2D eigenvalue weighted by atomic mass is 10.1. The molecule has 0 bridgehead atoms. The number of anilines is 1. The zero-order valence-electron chi connectivity index (χ0n) is 16.1. The van der Waals surface area contributed by atoms with Gasteiger partial charge in [0.1, 0.15) is 0 Å². The maximum absolute atomic E-state index is 12.6. The lowest BCUT2D eigenvalue weighted by Crippen LogP contribution is -2.31. The van der Waals surface area contributed by atoms with Gasteiger partial charge in [-0.3, -0.25) is 9.78 Å². The van der Waals surface area contributed by atoms with Crippen molar-refractivity contribution in [3.63, 3.8) is 0 Å². The fraction of sp³-hybridized carbons (Fsp3) is 0.217. The molecule has 0 saturated carbocycles.